The quantitative estimate of drug-likeness (QED) is 0.450. The molecule has 0 atom stereocenters. The summed E-state index contributed by atoms with van der Waals surface area (Å²) in [4.78, 5) is 46.7. The number of aliphatic carboxylic acids is 2. The third-order valence-corrected chi connectivity index (χ3v) is 2.64. The van der Waals surface area contributed by atoms with Crippen LogP contribution in [0.25, 0.3) is 0 Å². The molecular formula is C15H16N2O6. The molecular weight excluding hydrogens is 304 g/mol. The first-order valence-electron chi connectivity index (χ1n) is 6.61. The molecule has 8 nitrogen and oxygen atoms in total. The molecule has 8 heteroatoms. The second kappa shape index (κ2) is 11.6. The van der Waals surface area contributed by atoms with Gasteiger partial charge in [-0.15, -0.1) is 0 Å². The predicted molar refractivity (Wildman–Crippen MR) is 80.5 cm³/mol. The van der Waals surface area contributed by atoms with Crippen molar-refractivity contribution in [3.8, 4) is 0 Å². The minimum absolute atomic E-state index is 0.0628. The number of carboxylic acids is 2. The fraction of sp³-hybridized carbons (Fsp3) is 0.333. The molecule has 0 aliphatic carbocycles. The Morgan fingerprint density at radius 1 is 0.957 bits per heavy atom. The lowest BCUT2D eigenvalue weighted by Gasteiger charge is -1.99. The van der Waals surface area contributed by atoms with Gasteiger partial charge in [0.1, 0.15) is 0 Å². The number of aliphatic imine (C=N–C) groups is 2. The van der Waals surface area contributed by atoms with Crippen molar-refractivity contribution in [2.75, 3.05) is 0 Å². The van der Waals surface area contributed by atoms with Gasteiger partial charge in [0.2, 0.25) is 12.2 Å². The molecule has 0 aliphatic heterocycles. The SMILES string of the molecule is Cc1c(N=C=O)cccc1N=C=O.O=C(O)CCCCC(=O)O. The van der Waals surface area contributed by atoms with Gasteiger partial charge in [0.15, 0.2) is 0 Å². The zero-order valence-corrected chi connectivity index (χ0v) is 12.5. The highest BCUT2D eigenvalue weighted by Crippen LogP contribution is 2.26. The molecule has 23 heavy (non-hydrogen) atoms. The Hall–Kier alpha value is -3.08. The number of benzene rings is 1. The van der Waals surface area contributed by atoms with Crippen LogP contribution in [0.2, 0.25) is 0 Å². The Bertz CT molecular complexity index is 591. The van der Waals surface area contributed by atoms with Gasteiger partial charge >= 0.3 is 11.9 Å². The number of unbranched alkanes of at least 4 members (excludes halogenated alkanes) is 1. The van der Waals surface area contributed by atoms with Gasteiger partial charge in [0.05, 0.1) is 11.4 Å². The summed E-state index contributed by atoms with van der Waals surface area (Å²) in [5.74, 6) is -1.74. The first-order valence-corrected chi connectivity index (χ1v) is 6.61. The van der Waals surface area contributed by atoms with Gasteiger partial charge in [-0.25, -0.2) is 9.59 Å². The molecule has 2 N–H and O–H groups in total. The van der Waals surface area contributed by atoms with E-state index < -0.39 is 11.9 Å². The summed E-state index contributed by atoms with van der Waals surface area (Å²) in [5.41, 5.74) is 1.59. The molecule has 1 aromatic carbocycles. The van der Waals surface area contributed by atoms with Gasteiger partial charge in [-0.1, -0.05) is 6.07 Å². The molecule has 0 aliphatic rings. The summed E-state index contributed by atoms with van der Waals surface area (Å²) in [7, 11) is 0. The Morgan fingerprint density at radius 3 is 1.65 bits per heavy atom. The van der Waals surface area contributed by atoms with Crippen molar-refractivity contribution >= 4 is 35.5 Å². The molecule has 122 valence electrons. The zero-order valence-electron chi connectivity index (χ0n) is 12.5. The summed E-state index contributed by atoms with van der Waals surface area (Å²) in [6.07, 6.45) is 3.88. The van der Waals surface area contributed by atoms with Crippen LogP contribution >= 0.6 is 0 Å². The maximum atomic E-state index is 10.00. The summed E-state index contributed by atoms with van der Waals surface area (Å²) in [6.45, 7) is 1.71. The van der Waals surface area contributed by atoms with E-state index in [0.717, 1.165) is 0 Å². The van der Waals surface area contributed by atoms with Crippen LogP contribution < -0.4 is 0 Å². The van der Waals surface area contributed by atoms with Crippen LogP contribution in [-0.4, -0.2) is 34.3 Å². The van der Waals surface area contributed by atoms with Crippen molar-refractivity contribution in [1.29, 1.82) is 0 Å². The molecule has 0 aromatic heterocycles. The maximum absolute atomic E-state index is 10.00. The highest BCUT2D eigenvalue weighted by atomic mass is 16.4. The third kappa shape index (κ3) is 9.47. The minimum Gasteiger partial charge on any atom is -0.481 e. The van der Waals surface area contributed by atoms with Gasteiger partial charge in [-0.05, 0) is 31.9 Å². The van der Waals surface area contributed by atoms with E-state index in [2.05, 4.69) is 9.98 Å². The van der Waals surface area contributed by atoms with E-state index in [1.807, 2.05) is 0 Å². The second-order valence-corrected chi connectivity index (χ2v) is 4.32. The van der Waals surface area contributed by atoms with E-state index in [1.165, 1.54) is 12.2 Å². The van der Waals surface area contributed by atoms with Crippen LogP contribution in [0.1, 0.15) is 31.2 Å². The molecule has 1 aromatic rings. The molecule has 0 saturated heterocycles. The summed E-state index contributed by atoms with van der Waals surface area (Å²) < 4.78 is 0. The molecule has 0 radical (unpaired) electrons. The van der Waals surface area contributed by atoms with E-state index >= 15 is 0 Å². The number of hydrogen-bond acceptors (Lipinski definition) is 6. The zero-order chi connectivity index (χ0) is 17.7. The number of nitrogens with zero attached hydrogens (tertiary/aromatic N) is 2. The topological polar surface area (TPSA) is 133 Å². The van der Waals surface area contributed by atoms with Crippen LogP contribution in [-0.2, 0) is 19.2 Å². The van der Waals surface area contributed by atoms with Crippen LogP contribution in [0.5, 0.6) is 0 Å². The predicted octanol–water partition coefficient (Wildman–Crippen LogP) is 2.65. The number of isocyanates is 2. The van der Waals surface area contributed by atoms with Gasteiger partial charge in [0, 0.05) is 18.4 Å². The Balaban J connectivity index is 0.000000438. The van der Waals surface area contributed by atoms with Gasteiger partial charge in [0.25, 0.3) is 0 Å². The first-order chi connectivity index (χ1) is 10.9. The van der Waals surface area contributed by atoms with Gasteiger partial charge in [-0.2, -0.15) is 9.98 Å². The van der Waals surface area contributed by atoms with Crippen LogP contribution in [0.3, 0.4) is 0 Å². The Morgan fingerprint density at radius 2 is 1.35 bits per heavy atom. The number of carbonyl (C=O) groups excluding carboxylic acids is 2. The second-order valence-electron chi connectivity index (χ2n) is 4.32. The van der Waals surface area contributed by atoms with Crippen molar-refractivity contribution < 1.29 is 29.4 Å². The number of rotatable bonds is 7. The minimum atomic E-state index is -0.870. The molecule has 0 fully saturated rings. The lowest BCUT2D eigenvalue weighted by atomic mass is 10.1. The molecule has 0 spiro atoms. The molecule has 1 rings (SSSR count). The number of hydrogen-bond donors (Lipinski definition) is 2. The number of carbonyl (C=O) groups is 2. The van der Waals surface area contributed by atoms with Crippen molar-refractivity contribution in [1.82, 2.24) is 0 Å². The molecule has 0 amide bonds. The van der Waals surface area contributed by atoms with Crippen molar-refractivity contribution in [2.24, 2.45) is 9.98 Å². The van der Waals surface area contributed by atoms with Crippen LogP contribution in [0.4, 0.5) is 11.4 Å². The van der Waals surface area contributed by atoms with E-state index in [9.17, 15) is 19.2 Å². The lowest BCUT2D eigenvalue weighted by Crippen LogP contribution is -1.97. The van der Waals surface area contributed by atoms with Gasteiger partial charge in [-0.3, -0.25) is 9.59 Å². The lowest BCUT2D eigenvalue weighted by molar-refractivity contribution is -0.139. The normalized spacial score (nSPS) is 8.74. The first kappa shape index (κ1) is 19.9. The fourth-order valence-corrected chi connectivity index (χ4v) is 1.50. The average molecular weight is 320 g/mol. The molecule has 0 saturated carbocycles. The summed E-state index contributed by atoms with van der Waals surface area (Å²) >= 11 is 0. The number of carboxylic acid groups (broad SMARTS) is 2. The molecule has 0 unspecified atom stereocenters. The summed E-state index contributed by atoms with van der Waals surface area (Å²) in [6, 6.07) is 4.94. The molecule has 0 heterocycles. The van der Waals surface area contributed by atoms with E-state index in [1.54, 1.807) is 25.1 Å². The molecule has 0 bridgehead atoms. The highest BCUT2D eigenvalue weighted by Gasteiger charge is 2.01. The summed E-state index contributed by atoms with van der Waals surface area (Å²) in [5, 5.41) is 16.3. The van der Waals surface area contributed by atoms with Crippen molar-refractivity contribution in [2.45, 2.75) is 32.6 Å². The average Bonchev–Trinajstić information content (AvgIpc) is 2.49. The van der Waals surface area contributed by atoms with Gasteiger partial charge < -0.3 is 10.2 Å². The highest BCUT2D eigenvalue weighted by molar-refractivity contribution is 5.68. The maximum Gasteiger partial charge on any atom is 0.303 e. The fourth-order valence-electron chi connectivity index (χ4n) is 1.50. The van der Waals surface area contributed by atoms with Crippen molar-refractivity contribution in [3.05, 3.63) is 23.8 Å². The van der Waals surface area contributed by atoms with Crippen LogP contribution in [0.15, 0.2) is 28.2 Å². The van der Waals surface area contributed by atoms with Crippen molar-refractivity contribution in [3.63, 3.8) is 0 Å². The van der Waals surface area contributed by atoms with Crippen LogP contribution in [0, 0.1) is 6.92 Å². The standard InChI is InChI=1S/C9H6N2O2.C6H10O4/c1-7-8(10-5-12)3-2-4-9(7)11-6-13;7-5(8)3-1-2-4-6(9)10/h2-4H,1H3;1-4H2,(H,7,8)(H,9,10). The van der Waals surface area contributed by atoms with E-state index in [4.69, 9.17) is 10.2 Å². The third-order valence-electron chi connectivity index (χ3n) is 2.64. The van der Waals surface area contributed by atoms with E-state index in [0.29, 0.717) is 29.8 Å². The Kier molecular flexibility index (Phi) is 10.0. The monoisotopic (exact) mass is 320 g/mol. The Labute approximate surface area is 132 Å². The van der Waals surface area contributed by atoms with E-state index in [-0.39, 0.29) is 12.8 Å². The largest absolute Gasteiger partial charge is 0.481 e. The smallest absolute Gasteiger partial charge is 0.303 e.